The molecule has 0 saturated carbocycles. The van der Waals surface area contributed by atoms with Gasteiger partial charge in [0.15, 0.2) is 0 Å². The normalized spacial score (nSPS) is 11.7. The molecule has 1 heterocycles. The molecule has 0 radical (unpaired) electrons. The first-order valence-electron chi connectivity index (χ1n) is 10.8. The number of aromatic amines is 1. The number of esters is 1. The molecule has 3 aromatic rings. The van der Waals surface area contributed by atoms with Crippen LogP contribution in [0.1, 0.15) is 43.6 Å². The second kappa shape index (κ2) is 12.1. The molecule has 3 N–H and O–H groups in total. The molecular formula is C25H26N3NaO7. The van der Waals surface area contributed by atoms with Gasteiger partial charge in [0.25, 0.3) is 5.91 Å². The molecule has 1 atom stereocenters. The van der Waals surface area contributed by atoms with Crippen LogP contribution in [0.4, 0.5) is 10.5 Å². The van der Waals surface area contributed by atoms with Crippen molar-refractivity contribution in [2.45, 2.75) is 45.8 Å². The number of carboxylic acid groups (broad SMARTS) is 1. The van der Waals surface area contributed by atoms with Crippen LogP contribution in [0.3, 0.4) is 0 Å². The minimum absolute atomic E-state index is 0. The predicted molar refractivity (Wildman–Crippen MR) is 126 cm³/mol. The molecule has 10 nitrogen and oxygen atoms in total. The third kappa shape index (κ3) is 7.84. The van der Waals surface area contributed by atoms with E-state index in [1.807, 2.05) is 24.3 Å². The summed E-state index contributed by atoms with van der Waals surface area (Å²) in [5, 5.41) is 17.5. The van der Waals surface area contributed by atoms with Gasteiger partial charge in [-0.15, -0.1) is 0 Å². The third-order valence-corrected chi connectivity index (χ3v) is 4.81. The second-order valence-corrected chi connectivity index (χ2v) is 8.84. The SMILES string of the molecule is CC(=O)Oc1cc(NC(=O)OC(C)(C)C)ccc1C(=O)N[C@@H](Cc1c[nH]c2ccccc12)C(=O)[O-].[Na+]. The molecule has 0 aliphatic rings. The fourth-order valence-electron chi connectivity index (χ4n) is 3.40. The molecule has 0 aliphatic heterocycles. The number of ether oxygens (including phenoxy) is 2. The number of rotatable bonds is 7. The molecule has 184 valence electrons. The van der Waals surface area contributed by atoms with Gasteiger partial charge in [0.1, 0.15) is 11.4 Å². The number of fused-ring (bicyclic) bond motifs is 1. The zero-order valence-corrected chi connectivity index (χ0v) is 22.8. The van der Waals surface area contributed by atoms with E-state index in [-0.39, 0.29) is 53.0 Å². The number of carbonyl (C=O) groups excluding carboxylic acids is 4. The summed E-state index contributed by atoms with van der Waals surface area (Å²) < 4.78 is 10.3. The summed E-state index contributed by atoms with van der Waals surface area (Å²) in [6.45, 7) is 6.26. The van der Waals surface area contributed by atoms with Crippen molar-refractivity contribution in [1.29, 1.82) is 0 Å². The van der Waals surface area contributed by atoms with Crippen LogP contribution in [0.2, 0.25) is 0 Å². The minimum atomic E-state index is -1.47. The van der Waals surface area contributed by atoms with Crippen molar-refractivity contribution in [3.63, 3.8) is 0 Å². The molecule has 0 fully saturated rings. The zero-order valence-electron chi connectivity index (χ0n) is 20.8. The van der Waals surface area contributed by atoms with Crippen LogP contribution in [0.15, 0.2) is 48.7 Å². The van der Waals surface area contributed by atoms with E-state index in [9.17, 15) is 24.3 Å². The largest absolute Gasteiger partial charge is 1.00 e. The number of hydrogen-bond acceptors (Lipinski definition) is 7. The third-order valence-electron chi connectivity index (χ3n) is 4.81. The molecule has 3 rings (SSSR count). The second-order valence-electron chi connectivity index (χ2n) is 8.84. The molecule has 2 amide bonds. The standard InChI is InChI=1S/C25H27N3O7.Na/c1-14(29)34-21-12-16(27-24(33)35-25(2,3)4)9-10-18(21)22(30)28-20(23(31)32)11-15-13-26-19-8-6-5-7-17(15)19;/h5-10,12-13,20,26H,11H2,1-4H3,(H,27,33)(H,28,30)(H,31,32);/q;+1/p-1/t20-;/m0./s1. The Morgan fingerprint density at radius 1 is 1.08 bits per heavy atom. The van der Waals surface area contributed by atoms with Gasteiger partial charge in [-0.3, -0.25) is 14.9 Å². The maximum absolute atomic E-state index is 13.0. The summed E-state index contributed by atoms with van der Waals surface area (Å²) in [5.74, 6) is -3.13. The van der Waals surface area contributed by atoms with Gasteiger partial charge < -0.3 is 29.7 Å². The van der Waals surface area contributed by atoms with Crippen LogP contribution >= 0.6 is 0 Å². The van der Waals surface area contributed by atoms with E-state index in [2.05, 4.69) is 15.6 Å². The number of nitrogens with one attached hydrogen (secondary N) is 3. The number of aromatic nitrogens is 1. The molecule has 0 spiro atoms. The van der Waals surface area contributed by atoms with Crippen molar-refractivity contribution >= 4 is 40.5 Å². The van der Waals surface area contributed by atoms with Crippen molar-refractivity contribution < 1.29 is 63.3 Å². The number of para-hydroxylation sites is 1. The Balaban J connectivity index is 0.00000456. The Labute approximate surface area is 230 Å². The first-order chi connectivity index (χ1) is 16.4. The number of carbonyl (C=O) groups is 4. The van der Waals surface area contributed by atoms with E-state index >= 15 is 0 Å². The van der Waals surface area contributed by atoms with Gasteiger partial charge in [0.05, 0.1) is 17.6 Å². The molecule has 36 heavy (non-hydrogen) atoms. The van der Waals surface area contributed by atoms with Gasteiger partial charge >= 0.3 is 41.6 Å². The van der Waals surface area contributed by atoms with Crippen molar-refractivity contribution in [2.75, 3.05) is 5.32 Å². The maximum Gasteiger partial charge on any atom is 1.00 e. The molecule has 0 unspecified atom stereocenters. The maximum atomic E-state index is 13.0. The van der Waals surface area contributed by atoms with E-state index in [0.717, 1.165) is 17.8 Å². The molecule has 11 heteroatoms. The Morgan fingerprint density at radius 3 is 2.42 bits per heavy atom. The van der Waals surface area contributed by atoms with Crippen LogP contribution < -0.4 is 50.0 Å². The van der Waals surface area contributed by atoms with Gasteiger partial charge in [0, 0.05) is 42.2 Å². The number of benzene rings is 2. The van der Waals surface area contributed by atoms with E-state index in [1.165, 1.54) is 18.2 Å². The Morgan fingerprint density at radius 2 is 1.78 bits per heavy atom. The van der Waals surface area contributed by atoms with Gasteiger partial charge in [-0.25, -0.2) is 4.79 Å². The Bertz CT molecular complexity index is 1280. The molecule has 0 bridgehead atoms. The summed E-state index contributed by atoms with van der Waals surface area (Å²) >= 11 is 0. The summed E-state index contributed by atoms with van der Waals surface area (Å²) in [4.78, 5) is 51.5. The molecule has 0 saturated heterocycles. The fraction of sp³-hybridized carbons (Fsp3) is 0.280. The average molecular weight is 503 g/mol. The first-order valence-corrected chi connectivity index (χ1v) is 10.8. The van der Waals surface area contributed by atoms with Crippen LogP contribution in [-0.4, -0.2) is 40.6 Å². The molecule has 0 aliphatic carbocycles. The van der Waals surface area contributed by atoms with E-state index < -0.39 is 35.6 Å². The zero-order chi connectivity index (χ0) is 25.8. The minimum Gasteiger partial charge on any atom is -0.548 e. The van der Waals surface area contributed by atoms with Crippen LogP contribution in [-0.2, 0) is 20.7 Å². The van der Waals surface area contributed by atoms with Gasteiger partial charge in [-0.05, 0) is 44.5 Å². The van der Waals surface area contributed by atoms with Crippen molar-refractivity contribution in [1.82, 2.24) is 10.3 Å². The summed E-state index contributed by atoms with van der Waals surface area (Å²) in [6, 6.07) is 9.98. The number of hydrogen-bond donors (Lipinski definition) is 3. The fourth-order valence-corrected chi connectivity index (χ4v) is 3.40. The van der Waals surface area contributed by atoms with Gasteiger partial charge in [-0.2, -0.15) is 0 Å². The molecule has 1 aromatic heterocycles. The predicted octanol–water partition coefficient (Wildman–Crippen LogP) is -0.465. The van der Waals surface area contributed by atoms with Crippen LogP contribution in [0.5, 0.6) is 5.75 Å². The smallest absolute Gasteiger partial charge is 0.548 e. The number of carboxylic acids is 1. The summed E-state index contributed by atoms with van der Waals surface area (Å²) in [7, 11) is 0. The topological polar surface area (TPSA) is 150 Å². The molecular weight excluding hydrogens is 477 g/mol. The van der Waals surface area contributed by atoms with Crippen LogP contribution in [0.25, 0.3) is 10.9 Å². The number of aliphatic carboxylic acids is 1. The van der Waals surface area contributed by atoms with E-state index in [0.29, 0.717) is 5.56 Å². The number of H-pyrrole nitrogens is 1. The van der Waals surface area contributed by atoms with Crippen molar-refractivity contribution in [2.24, 2.45) is 0 Å². The molecule has 2 aromatic carbocycles. The Kier molecular flexibility index (Phi) is 9.69. The quantitative estimate of drug-likeness (QED) is 0.224. The summed E-state index contributed by atoms with van der Waals surface area (Å²) in [6.07, 6.45) is 0.909. The van der Waals surface area contributed by atoms with Gasteiger partial charge in [-0.1, -0.05) is 18.2 Å². The number of anilines is 1. The van der Waals surface area contributed by atoms with E-state index in [1.54, 1.807) is 27.0 Å². The van der Waals surface area contributed by atoms with Crippen molar-refractivity contribution in [3.05, 3.63) is 59.8 Å². The monoisotopic (exact) mass is 503 g/mol. The van der Waals surface area contributed by atoms with Crippen molar-refractivity contribution in [3.8, 4) is 5.75 Å². The average Bonchev–Trinajstić information content (AvgIpc) is 3.14. The van der Waals surface area contributed by atoms with Crippen LogP contribution in [0, 0.1) is 0 Å². The first kappa shape index (κ1) is 28.9. The van der Waals surface area contributed by atoms with Gasteiger partial charge in [0.2, 0.25) is 0 Å². The Hall–Kier alpha value is -3.34. The summed E-state index contributed by atoms with van der Waals surface area (Å²) in [5.41, 5.74) is 0.901. The number of amides is 2. The van der Waals surface area contributed by atoms with E-state index in [4.69, 9.17) is 9.47 Å².